The maximum Gasteiger partial charge on any atom is 0.299 e. The fraction of sp³-hybridized carbons (Fsp3) is 0.455. The van der Waals surface area contributed by atoms with Crippen LogP contribution in [0.4, 0.5) is 5.69 Å². The quantitative estimate of drug-likeness (QED) is 0.824. The van der Waals surface area contributed by atoms with Crippen LogP contribution in [0.3, 0.4) is 0 Å². The van der Waals surface area contributed by atoms with Crippen LogP contribution in [0.2, 0.25) is 0 Å². The van der Waals surface area contributed by atoms with Crippen LogP contribution in [-0.2, 0) is 20.0 Å². The fourth-order valence-electron chi connectivity index (χ4n) is 1.39. The molecule has 108 valence electrons. The van der Waals surface area contributed by atoms with Gasteiger partial charge in [-0.15, -0.1) is 0 Å². The Morgan fingerprint density at radius 1 is 1.05 bits per heavy atom. The molecule has 0 fully saturated rings. The van der Waals surface area contributed by atoms with E-state index in [1.807, 2.05) is 0 Å². The SMILES string of the molecule is CCS(=O)(=O)c1ccc(NS(=O)(=O)NC(C)C)cc1. The Labute approximate surface area is 114 Å². The second-order valence-corrected chi connectivity index (χ2v) is 8.03. The van der Waals surface area contributed by atoms with Crippen molar-refractivity contribution in [2.75, 3.05) is 10.5 Å². The standard InChI is InChI=1S/C11H18N2O4S2/c1-4-18(14,15)11-7-5-10(6-8-11)13-19(16,17)12-9(2)3/h5-9,12-13H,4H2,1-3H3. The van der Waals surface area contributed by atoms with Crippen molar-refractivity contribution >= 4 is 25.7 Å². The molecule has 0 bridgehead atoms. The van der Waals surface area contributed by atoms with E-state index in [-0.39, 0.29) is 16.7 Å². The van der Waals surface area contributed by atoms with Crippen molar-refractivity contribution in [2.24, 2.45) is 0 Å². The topological polar surface area (TPSA) is 92.3 Å². The second kappa shape index (κ2) is 5.89. The van der Waals surface area contributed by atoms with Gasteiger partial charge in [0.1, 0.15) is 0 Å². The van der Waals surface area contributed by atoms with Crippen LogP contribution in [0.25, 0.3) is 0 Å². The predicted molar refractivity (Wildman–Crippen MR) is 75.0 cm³/mol. The summed E-state index contributed by atoms with van der Waals surface area (Å²) in [4.78, 5) is 0.176. The van der Waals surface area contributed by atoms with E-state index in [0.717, 1.165) is 0 Å². The van der Waals surface area contributed by atoms with Crippen molar-refractivity contribution in [2.45, 2.75) is 31.7 Å². The maximum atomic E-state index is 11.6. The van der Waals surface area contributed by atoms with E-state index >= 15 is 0 Å². The molecule has 1 rings (SSSR count). The summed E-state index contributed by atoms with van der Waals surface area (Å²) < 4.78 is 51.1. The van der Waals surface area contributed by atoms with Crippen LogP contribution >= 0.6 is 0 Å². The average Bonchev–Trinajstić information content (AvgIpc) is 2.27. The van der Waals surface area contributed by atoms with Crippen molar-refractivity contribution in [3.63, 3.8) is 0 Å². The molecule has 8 heteroatoms. The molecule has 19 heavy (non-hydrogen) atoms. The summed E-state index contributed by atoms with van der Waals surface area (Å²) in [5, 5.41) is 0. The molecule has 2 N–H and O–H groups in total. The minimum Gasteiger partial charge on any atom is -0.271 e. The van der Waals surface area contributed by atoms with Gasteiger partial charge in [-0.2, -0.15) is 13.1 Å². The van der Waals surface area contributed by atoms with Crippen molar-refractivity contribution in [3.05, 3.63) is 24.3 Å². The lowest BCUT2D eigenvalue weighted by Gasteiger charge is -2.11. The number of nitrogens with one attached hydrogen (secondary N) is 2. The smallest absolute Gasteiger partial charge is 0.271 e. The zero-order valence-corrected chi connectivity index (χ0v) is 12.7. The predicted octanol–water partition coefficient (Wildman–Crippen LogP) is 1.13. The van der Waals surface area contributed by atoms with E-state index in [1.54, 1.807) is 20.8 Å². The summed E-state index contributed by atoms with van der Waals surface area (Å²) in [5.41, 5.74) is 0.309. The third-order valence-electron chi connectivity index (χ3n) is 2.24. The number of rotatable bonds is 6. The van der Waals surface area contributed by atoms with Gasteiger partial charge in [0.15, 0.2) is 9.84 Å². The molecule has 0 saturated carbocycles. The molecule has 0 aliphatic heterocycles. The molecule has 1 aromatic rings. The monoisotopic (exact) mass is 306 g/mol. The Balaban J connectivity index is 2.90. The number of hydrogen-bond donors (Lipinski definition) is 2. The second-order valence-electron chi connectivity index (χ2n) is 4.31. The molecule has 1 aromatic carbocycles. The Hall–Kier alpha value is -1.12. The lowest BCUT2D eigenvalue weighted by Crippen LogP contribution is -2.35. The number of hydrogen-bond acceptors (Lipinski definition) is 4. The van der Waals surface area contributed by atoms with Crippen molar-refractivity contribution in [3.8, 4) is 0 Å². The third-order valence-corrected chi connectivity index (χ3v) is 5.27. The molecule has 0 aliphatic rings. The summed E-state index contributed by atoms with van der Waals surface area (Å²) in [7, 11) is -6.91. The van der Waals surface area contributed by atoms with Gasteiger partial charge in [0, 0.05) is 11.7 Å². The van der Waals surface area contributed by atoms with Gasteiger partial charge in [0.05, 0.1) is 10.6 Å². The van der Waals surface area contributed by atoms with E-state index in [9.17, 15) is 16.8 Å². The van der Waals surface area contributed by atoms with Gasteiger partial charge in [-0.05, 0) is 38.1 Å². The van der Waals surface area contributed by atoms with Gasteiger partial charge >= 0.3 is 0 Å². The first-order valence-corrected chi connectivity index (χ1v) is 8.92. The van der Waals surface area contributed by atoms with E-state index in [4.69, 9.17) is 0 Å². The Morgan fingerprint density at radius 2 is 1.58 bits per heavy atom. The molecular weight excluding hydrogens is 288 g/mol. The summed E-state index contributed by atoms with van der Waals surface area (Å²) in [6.45, 7) is 4.96. The molecule has 0 atom stereocenters. The number of sulfone groups is 1. The van der Waals surface area contributed by atoms with Crippen LogP contribution in [-0.4, -0.2) is 28.6 Å². The van der Waals surface area contributed by atoms with Gasteiger partial charge in [-0.25, -0.2) is 8.42 Å². The average molecular weight is 306 g/mol. The van der Waals surface area contributed by atoms with Gasteiger partial charge in [-0.1, -0.05) is 6.92 Å². The van der Waals surface area contributed by atoms with E-state index in [1.165, 1.54) is 24.3 Å². The molecule has 0 amide bonds. The highest BCUT2D eigenvalue weighted by Crippen LogP contribution is 2.16. The fourth-order valence-corrected chi connectivity index (χ4v) is 3.40. The molecular formula is C11H18N2O4S2. The Morgan fingerprint density at radius 3 is 2.00 bits per heavy atom. The molecule has 0 aromatic heterocycles. The highest BCUT2D eigenvalue weighted by molar-refractivity contribution is 7.91. The Kier molecular flexibility index (Phi) is 4.94. The normalized spacial score (nSPS) is 12.6. The minimum absolute atomic E-state index is 0.00692. The van der Waals surface area contributed by atoms with Gasteiger partial charge in [0.25, 0.3) is 10.2 Å². The highest BCUT2D eigenvalue weighted by Gasteiger charge is 2.13. The lowest BCUT2D eigenvalue weighted by atomic mass is 10.3. The summed E-state index contributed by atoms with van der Waals surface area (Å²) in [6, 6.07) is 5.37. The maximum absolute atomic E-state index is 11.6. The van der Waals surface area contributed by atoms with Crippen LogP contribution in [0.5, 0.6) is 0 Å². The van der Waals surface area contributed by atoms with Gasteiger partial charge in [0.2, 0.25) is 0 Å². The largest absolute Gasteiger partial charge is 0.299 e. The molecule has 0 heterocycles. The first-order valence-electron chi connectivity index (χ1n) is 5.79. The zero-order chi connectivity index (χ0) is 14.7. The van der Waals surface area contributed by atoms with Crippen molar-refractivity contribution < 1.29 is 16.8 Å². The van der Waals surface area contributed by atoms with Crippen LogP contribution in [0.1, 0.15) is 20.8 Å². The number of anilines is 1. The van der Waals surface area contributed by atoms with Gasteiger partial charge in [-0.3, -0.25) is 4.72 Å². The minimum atomic E-state index is -3.64. The van der Waals surface area contributed by atoms with Crippen LogP contribution in [0, 0.1) is 0 Å². The van der Waals surface area contributed by atoms with E-state index in [0.29, 0.717) is 5.69 Å². The lowest BCUT2D eigenvalue weighted by molar-refractivity contribution is 0.575. The first-order chi connectivity index (χ1) is 8.66. The molecule has 0 saturated heterocycles. The summed E-state index contributed by atoms with van der Waals surface area (Å²) in [6.07, 6.45) is 0. The first kappa shape index (κ1) is 15.9. The van der Waals surface area contributed by atoms with E-state index in [2.05, 4.69) is 9.44 Å². The van der Waals surface area contributed by atoms with Crippen molar-refractivity contribution in [1.29, 1.82) is 0 Å². The highest BCUT2D eigenvalue weighted by atomic mass is 32.2. The summed E-state index contributed by atoms with van der Waals surface area (Å²) in [5.74, 6) is 0.00692. The molecule has 6 nitrogen and oxygen atoms in total. The summed E-state index contributed by atoms with van der Waals surface area (Å²) >= 11 is 0. The zero-order valence-electron chi connectivity index (χ0n) is 11.0. The molecule has 0 aliphatic carbocycles. The van der Waals surface area contributed by atoms with Gasteiger partial charge < -0.3 is 0 Å². The van der Waals surface area contributed by atoms with E-state index < -0.39 is 20.0 Å². The third kappa shape index (κ3) is 4.81. The molecule has 0 spiro atoms. The van der Waals surface area contributed by atoms with Crippen LogP contribution < -0.4 is 9.44 Å². The molecule has 0 radical (unpaired) electrons. The Bertz CT molecular complexity index is 619. The van der Waals surface area contributed by atoms with Crippen molar-refractivity contribution in [1.82, 2.24) is 4.72 Å². The molecule has 0 unspecified atom stereocenters. The number of benzene rings is 1. The van der Waals surface area contributed by atoms with Crippen LogP contribution in [0.15, 0.2) is 29.2 Å².